The maximum atomic E-state index is 12.1. The van der Waals surface area contributed by atoms with Gasteiger partial charge in [-0.05, 0) is 49.4 Å². The first-order valence-electron chi connectivity index (χ1n) is 9.07. The molecule has 0 bridgehead atoms. The third kappa shape index (κ3) is 3.58. The second kappa shape index (κ2) is 7.27. The normalized spacial score (nSPS) is 14.0. The third-order valence-electron chi connectivity index (χ3n) is 4.88. The Balaban J connectivity index is 1.44. The van der Waals surface area contributed by atoms with E-state index >= 15 is 0 Å². The zero-order chi connectivity index (χ0) is 18.8. The van der Waals surface area contributed by atoms with Crippen LogP contribution in [0.4, 0.5) is 0 Å². The Labute approximate surface area is 156 Å². The van der Waals surface area contributed by atoms with Crippen LogP contribution in [0.25, 0.3) is 11.0 Å². The number of rotatable bonds is 5. The molecule has 0 radical (unpaired) electrons. The van der Waals surface area contributed by atoms with Gasteiger partial charge < -0.3 is 13.9 Å². The predicted molar refractivity (Wildman–Crippen MR) is 101 cm³/mol. The van der Waals surface area contributed by atoms with E-state index in [1.54, 1.807) is 12.1 Å². The van der Waals surface area contributed by atoms with Gasteiger partial charge in [-0.25, -0.2) is 9.59 Å². The van der Waals surface area contributed by atoms with Crippen LogP contribution in [0.2, 0.25) is 0 Å². The average Bonchev–Trinajstić information content (AvgIpc) is 3.18. The SMILES string of the molecule is C[C@@H](OC(=O)COc1ccc2c3c(c(=O)oc2c1)CCC3)c1ccccc1. The first-order valence-corrected chi connectivity index (χ1v) is 9.07. The molecule has 5 nitrogen and oxygen atoms in total. The Morgan fingerprint density at radius 3 is 2.70 bits per heavy atom. The first kappa shape index (κ1) is 17.3. The van der Waals surface area contributed by atoms with Crippen molar-refractivity contribution in [2.75, 3.05) is 6.61 Å². The first-order chi connectivity index (χ1) is 13.1. The molecule has 1 aliphatic rings. The van der Waals surface area contributed by atoms with Gasteiger partial charge in [0, 0.05) is 17.0 Å². The molecule has 0 saturated heterocycles. The van der Waals surface area contributed by atoms with Crippen molar-refractivity contribution in [2.24, 2.45) is 0 Å². The lowest BCUT2D eigenvalue weighted by Gasteiger charge is -2.14. The number of carbonyl (C=O) groups is 1. The van der Waals surface area contributed by atoms with E-state index in [-0.39, 0.29) is 18.3 Å². The number of ether oxygens (including phenoxy) is 2. The lowest BCUT2D eigenvalue weighted by molar-refractivity contribution is -0.151. The summed E-state index contributed by atoms with van der Waals surface area (Å²) in [6.45, 7) is 1.61. The third-order valence-corrected chi connectivity index (χ3v) is 4.88. The van der Waals surface area contributed by atoms with E-state index in [0.29, 0.717) is 11.3 Å². The van der Waals surface area contributed by atoms with Crippen LogP contribution in [0.1, 0.15) is 36.1 Å². The molecule has 1 aromatic heterocycles. The lowest BCUT2D eigenvalue weighted by atomic mass is 10.1. The van der Waals surface area contributed by atoms with Crippen molar-refractivity contribution < 1.29 is 18.7 Å². The van der Waals surface area contributed by atoms with Gasteiger partial charge in [-0.2, -0.15) is 0 Å². The number of carbonyl (C=O) groups excluding carboxylic acids is 1. The Kier molecular flexibility index (Phi) is 4.67. The molecule has 0 aliphatic heterocycles. The lowest BCUT2D eigenvalue weighted by Crippen LogP contribution is -2.17. The molecule has 27 heavy (non-hydrogen) atoms. The molecule has 0 spiro atoms. The van der Waals surface area contributed by atoms with Crippen LogP contribution in [-0.4, -0.2) is 12.6 Å². The van der Waals surface area contributed by atoms with Crippen LogP contribution in [0, 0.1) is 0 Å². The highest BCUT2D eigenvalue weighted by Crippen LogP contribution is 2.29. The van der Waals surface area contributed by atoms with Gasteiger partial charge in [-0.15, -0.1) is 0 Å². The van der Waals surface area contributed by atoms with Crippen molar-refractivity contribution in [3.8, 4) is 5.75 Å². The van der Waals surface area contributed by atoms with Crippen LogP contribution >= 0.6 is 0 Å². The number of fused-ring (bicyclic) bond motifs is 3. The highest BCUT2D eigenvalue weighted by molar-refractivity contribution is 5.83. The summed E-state index contributed by atoms with van der Waals surface area (Å²) in [7, 11) is 0. The van der Waals surface area contributed by atoms with Gasteiger partial charge in [0.15, 0.2) is 6.61 Å². The van der Waals surface area contributed by atoms with E-state index in [9.17, 15) is 9.59 Å². The van der Waals surface area contributed by atoms with Crippen LogP contribution in [0.15, 0.2) is 57.7 Å². The van der Waals surface area contributed by atoms with E-state index in [1.165, 1.54) is 0 Å². The second-order valence-corrected chi connectivity index (χ2v) is 6.69. The molecule has 0 fully saturated rings. The molecule has 1 atom stereocenters. The summed E-state index contributed by atoms with van der Waals surface area (Å²) in [5.41, 5.74) is 3.00. The number of aryl methyl sites for hydroxylation is 1. The number of hydrogen-bond acceptors (Lipinski definition) is 5. The molecule has 1 aliphatic carbocycles. The Hall–Kier alpha value is -3.08. The van der Waals surface area contributed by atoms with E-state index in [1.807, 2.05) is 43.3 Å². The quantitative estimate of drug-likeness (QED) is 0.506. The molecular weight excluding hydrogens is 344 g/mol. The minimum atomic E-state index is -0.457. The monoisotopic (exact) mass is 364 g/mol. The molecule has 3 aromatic rings. The summed E-state index contributed by atoms with van der Waals surface area (Å²) in [5.74, 6) is 0.00904. The van der Waals surface area contributed by atoms with Crippen LogP contribution < -0.4 is 10.4 Å². The zero-order valence-electron chi connectivity index (χ0n) is 15.1. The molecular formula is C22H20O5. The summed E-state index contributed by atoms with van der Waals surface area (Å²) < 4.78 is 16.3. The van der Waals surface area contributed by atoms with Gasteiger partial charge >= 0.3 is 11.6 Å². The molecule has 4 rings (SSSR count). The Morgan fingerprint density at radius 1 is 1.11 bits per heavy atom. The molecule has 5 heteroatoms. The van der Waals surface area contributed by atoms with Gasteiger partial charge in [0.1, 0.15) is 17.4 Å². The zero-order valence-corrected chi connectivity index (χ0v) is 15.1. The Bertz CT molecular complexity index is 1040. The predicted octanol–water partition coefficient (Wildman–Crippen LogP) is 3.96. The summed E-state index contributed by atoms with van der Waals surface area (Å²) in [4.78, 5) is 24.1. The number of esters is 1. The van der Waals surface area contributed by atoms with Crippen LogP contribution in [0.5, 0.6) is 5.75 Å². The molecule has 0 unspecified atom stereocenters. The fourth-order valence-electron chi connectivity index (χ4n) is 3.52. The standard InChI is InChI=1S/C22H20O5/c1-14(15-6-3-2-4-7-15)26-21(23)13-25-16-10-11-18-17-8-5-9-19(17)22(24)27-20(18)12-16/h2-4,6-7,10-12,14H,5,8-9,13H2,1H3/t14-/m1/s1. The van der Waals surface area contributed by atoms with Crippen LogP contribution in [0.3, 0.4) is 0 Å². The molecule has 2 aromatic carbocycles. The molecule has 0 saturated carbocycles. The largest absolute Gasteiger partial charge is 0.482 e. The summed E-state index contributed by atoms with van der Waals surface area (Å²) in [6, 6.07) is 14.8. The van der Waals surface area contributed by atoms with Gasteiger partial charge in [-0.1, -0.05) is 30.3 Å². The van der Waals surface area contributed by atoms with Gasteiger partial charge in [-0.3, -0.25) is 0 Å². The van der Waals surface area contributed by atoms with Crippen molar-refractivity contribution in [2.45, 2.75) is 32.3 Å². The smallest absolute Gasteiger partial charge is 0.344 e. The van der Waals surface area contributed by atoms with Crippen molar-refractivity contribution in [1.29, 1.82) is 0 Å². The number of hydrogen-bond donors (Lipinski definition) is 0. The van der Waals surface area contributed by atoms with Gasteiger partial charge in [0.2, 0.25) is 0 Å². The maximum Gasteiger partial charge on any atom is 0.344 e. The van der Waals surface area contributed by atoms with E-state index in [4.69, 9.17) is 13.9 Å². The summed E-state index contributed by atoms with van der Waals surface area (Å²) in [6.07, 6.45) is 2.29. The molecule has 1 heterocycles. The van der Waals surface area contributed by atoms with Crippen LogP contribution in [-0.2, 0) is 22.4 Å². The summed E-state index contributed by atoms with van der Waals surface area (Å²) >= 11 is 0. The maximum absolute atomic E-state index is 12.1. The highest BCUT2D eigenvalue weighted by Gasteiger charge is 2.20. The fourth-order valence-corrected chi connectivity index (χ4v) is 3.52. The summed E-state index contributed by atoms with van der Waals surface area (Å²) in [5, 5.41) is 0.940. The van der Waals surface area contributed by atoms with E-state index < -0.39 is 5.97 Å². The fraction of sp³-hybridized carbons (Fsp3) is 0.273. The van der Waals surface area contributed by atoms with E-state index in [2.05, 4.69) is 0 Å². The van der Waals surface area contributed by atoms with Gasteiger partial charge in [0.25, 0.3) is 0 Å². The minimum absolute atomic E-state index is 0.210. The molecule has 138 valence electrons. The Morgan fingerprint density at radius 2 is 1.89 bits per heavy atom. The molecule has 0 N–H and O–H groups in total. The van der Waals surface area contributed by atoms with E-state index in [0.717, 1.165) is 41.3 Å². The molecule has 0 amide bonds. The number of benzene rings is 2. The van der Waals surface area contributed by atoms with Crippen molar-refractivity contribution in [3.05, 3.63) is 75.6 Å². The van der Waals surface area contributed by atoms with Crippen molar-refractivity contribution in [3.63, 3.8) is 0 Å². The topological polar surface area (TPSA) is 65.7 Å². The van der Waals surface area contributed by atoms with Crippen molar-refractivity contribution >= 4 is 16.9 Å². The minimum Gasteiger partial charge on any atom is -0.482 e. The van der Waals surface area contributed by atoms with Crippen molar-refractivity contribution in [1.82, 2.24) is 0 Å². The second-order valence-electron chi connectivity index (χ2n) is 6.69. The highest BCUT2D eigenvalue weighted by atomic mass is 16.6. The van der Waals surface area contributed by atoms with Gasteiger partial charge in [0.05, 0.1) is 0 Å². The average molecular weight is 364 g/mol.